The molecule has 0 bridgehead atoms. The second-order valence-corrected chi connectivity index (χ2v) is 3.84. The van der Waals surface area contributed by atoms with Crippen LogP contribution in [0.1, 0.15) is 17.4 Å². The highest BCUT2D eigenvalue weighted by molar-refractivity contribution is 5.91. The van der Waals surface area contributed by atoms with Gasteiger partial charge < -0.3 is 16.0 Å². The van der Waals surface area contributed by atoms with E-state index in [1.807, 2.05) is 12.1 Å². The van der Waals surface area contributed by atoms with Crippen molar-refractivity contribution < 1.29 is 4.79 Å². The molecule has 0 atom stereocenters. The van der Waals surface area contributed by atoms with Gasteiger partial charge in [-0.25, -0.2) is 4.98 Å². The molecule has 3 N–H and O–H groups in total. The predicted octanol–water partition coefficient (Wildman–Crippen LogP) is -0.0214. The summed E-state index contributed by atoms with van der Waals surface area (Å²) in [6.07, 6.45) is 0. The van der Waals surface area contributed by atoms with Crippen LogP contribution in [-0.4, -0.2) is 36.6 Å². The molecule has 0 aliphatic carbocycles. The molecule has 2 rings (SSSR count). The minimum absolute atomic E-state index is 0.322. The summed E-state index contributed by atoms with van der Waals surface area (Å²) < 4.78 is 0. The third-order valence-corrected chi connectivity index (χ3v) is 2.82. The summed E-state index contributed by atoms with van der Waals surface area (Å²) in [6, 6.07) is 5.84. The molecule has 5 nitrogen and oxygen atoms in total. The Morgan fingerprint density at radius 1 is 1.62 bits per heavy atom. The molecule has 86 valence electrons. The van der Waals surface area contributed by atoms with E-state index in [9.17, 15) is 4.79 Å². The molecule has 0 unspecified atom stereocenters. The van der Waals surface area contributed by atoms with Crippen LogP contribution in [0.15, 0.2) is 18.2 Å². The lowest BCUT2D eigenvalue weighted by Crippen LogP contribution is -2.57. The monoisotopic (exact) mass is 220 g/mol. The van der Waals surface area contributed by atoms with Gasteiger partial charge in [-0.15, -0.1) is 0 Å². The van der Waals surface area contributed by atoms with E-state index in [1.54, 1.807) is 6.07 Å². The summed E-state index contributed by atoms with van der Waals surface area (Å²) in [4.78, 5) is 17.5. The van der Waals surface area contributed by atoms with Gasteiger partial charge in [0.1, 0.15) is 11.5 Å². The molecular formula is C11H16N4O. The van der Waals surface area contributed by atoms with Gasteiger partial charge in [0.2, 0.25) is 0 Å². The first-order valence-corrected chi connectivity index (χ1v) is 5.46. The number of aromatic nitrogens is 1. The van der Waals surface area contributed by atoms with Crippen LogP contribution in [0.3, 0.4) is 0 Å². The molecule has 16 heavy (non-hydrogen) atoms. The van der Waals surface area contributed by atoms with Crippen LogP contribution in [0, 0.1) is 0 Å². The van der Waals surface area contributed by atoms with E-state index >= 15 is 0 Å². The van der Waals surface area contributed by atoms with Crippen molar-refractivity contribution in [1.29, 1.82) is 0 Å². The second-order valence-electron chi connectivity index (χ2n) is 3.84. The largest absolute Gasteiger partial charge is 0.364 e. The first-order chi connectivity index (χ1) is 7.72. The van der Waals surface area contributed by atoms with Crippen molar-refractivity contribution in [2.24, 2.45) is 5.73 Å². The molecule has 1 aromatic heterocycles. The van der Waals surface area contributed by atoms with Gasteiger partial charge in [0.25, 0.3) is 5.91 Å². The van der Waals surface area contributed by atoms with Gasteiger partial charge in [-0.1, -0.05) is 6.07 Å². The number of pyridine rings is 1. The van der Waals surface area contributed by atoms with E-state index in [-0.39, 0.29) is 0 Å². The molecule has 0 aromatic carbocycles. The number of carbonyl (C=O) groups is 1. The fourth-order valence-electron chi connectivity index (χ4n) is 1.82. The smallest absolute Gasteiger partial charge is 0.267 e. The van der Waals surface area contributed by atoms with Gasteiger partial charge in [-0.05, 0) is 19.1 Å². The van der Waals surface area contributed by atoms with Crippen LogP contribution in [0.4, 0.5) is 5.82 Å². The van der Waals surface area contributed by atoms with Gasteiger partial charge in [0.15, 0.2) is 0 Å². The maximum Gasteiger partial charge on any atom is 0.267 e. The number of nitrogens with zero attached hydrogens (tertiary/aromatic N) is 2. The van der Waals surface area contributed by atoms with Gasteiger partial charge in [0.05, 0.1) is 6.04 Å². The Hall–Kier alpha value is -1.62. The lowest BCUT2D eigenvalue weighted by molar-refractivity contribution is 0.0995. The summed E-state index contributed by atoms with van der Waals surface area (Å²) in [5, 5.41) is 3.22. The Morgan fingerprint density at radius 3 is 2.88 bits per heavy atom. The number of hydrogen-bond acceptors (Lipinski definition) is 4. The molecule has 0 spiro atoms. The number of carbonyl (C=O) groups excluding carboxylic acids is 1. The summed E-state index contributed by atoms with van der Waals surface area (Å²) >= 11 is 0. The summed E-state index contributed by atoms with van der Waals surface area (Å²) in [6.45, 7) is 4.89. The lowest BCUT2D eigenvalue weighted by Gasteiger charge is -2.38. The fourth-order valence-corrected chi connectivity index (χ4v) is 1.82. The van der Waals surface area contributed by atoms with Crippen LogP contribution < -0.4 is 16.0 Å². The Balaban J connectivity index is 2.23. The zero-order chi connectivity index (χ0) is 11.5. The van der Waals surface area contributed by atoms with Crippen molar-refractivity contribution in [3.63, 3.8) is 0 Å². The van der Waals surface area contributed by atoms with E-state index in [4.69, 9.17) is 5.73 Å². The average Bonchev–Trinajstić information content (AvgIpc) is 2.23. The standard InChI is InChI=1S/C11H16N4O/c1-2-15(8-6-13-7-8)10-5-3-4-9(14-10)11(12)16/h3-5,8,13H,2,6-7H2,1H3,(H2,12,16). The highest BCUT2D eigenvalue weighted by Gasteiger charge is 2.24. The Kier molecular flexibility index (Phi) is 3.05. The molecule has 1 aliphatic heterocycles. The van der Waals surface area contributed by atoms with E-state index in [0.29, 0.717) is 11.7 Å². The summed E-state index contributed by atoms with van der Waals surface area (Å²) in [5.41, 5.74) is 5.54. The zero-order valence-electron chi connectivity index (χ0n) is 9.31. The molecule has 0 saturated carbocycles. The number of rotatable bonds is 4. The van der Waals surface area contributed by atoms with E-state index in [1.165, 1.54) is 0 Å². The zero-order valence-corrected chi connectivity index (χ0v) is 9.31. The van der Waals surface area contributed by atoms with Crippen LogP contribution in [0.2, 0.25) is 0 Å². The predicted molar refractivity (Wildman–Crippen MR) is 62.4 cm³/mol. The number of anilines is 1. The van der Waals surface area contributed by atoms with E-state index in [2.05, 4.69) is 22.1 Å². The van der Waals surface area contributed by atoms with Crippen molar-refractivity contribution >= 4 is 11.7 Å². The normalized spacial score (nSPS) is 15.6. The van der Waals surface area contributed by atoms with Crippen molar-refractivity contribution in [2.45, 2.75) is 13.0 Å². The van der Waals surface area contributed by atoms with Gasteiger partial charge in [0, 0.05) is 19.6 Å². The first-order valence-electron chi connectivity index (χ1n) is 5.46. The number of amides is 1. The van der Waals surface area contributed by atoms with Gasteiger partial charge in [-0.2, -0.15) is 0 Å². The molecule has 2 heterocycles. The second kappa shape index (κ2) is 4.49. The molecule has 1 aromatic rings. The minimum atomic E-state index is -0.482. The van der Waals surface area contributed by atoms with Crippen LogP contribution in [0.5, 0.6) is 0 Å². The number of likely N-dealkylation sites (N-methyl/N-ethyl adjacent to an activating group) is 1. The molecule has 1 aliphatic rings. The summed E-state index contributed by atoms with van der Waals surface area (Å²) in [7, 11) is 0. The topological polar surface area (TPSA) is 71.2 Å². The number of nitrogens with two attached hydrogens (primary N) is 1. The Bertz CT molecular complexity index is 389. The third-order valence-electron chi connectivity index (χ3n) is 2.82. The Morgan fingerprint density at radius 2 is 2.38 bits per heavy atom. The Labute approximate surface area is 94.6 Å². The maximum absolute atomic E-state index is 11.0. The molecule has 1 amide bonds. The number of primary amides is 1. The van der Waals surface area contributed by atoms with Crippen molar-refractivity contribution in [2.75, 3.05) is 24.5 Å². The van der Waals surface area contributed by atoms with Gasteiger partial charge in [-0.3, -0.25) is 4.79 Å². The van der Waals surface area contributed by atoms with E-state index < -0.39 is 5.91 Å². The summed E-state index contributed by atoms with van der Waals surface area (Å²) in [5.74, 6) is 0.343. The minimum Gasteiger partial charge on any atom is -0.364 e. The first kappa shape index (κ1) is 10.9. The third kappa shape index (κ3) is 1.99. The van der Waals surface area contributed by atoms with Crippen LogP contribution >= 0.6 is 0 Å². The van der Waals surface area contributed by atoms with Gasteiger partial charge >= 0.3 is 0 Å². The number of hydrogen-bond donors (Lipinski definition) is 2. The fraction of sp³-hybridized carbons (Fsp3) is 0.455. The van der Waals surface area contributed by atoms with Crippen molar-refractivity contribution in [3.8, 4) is 0 Å². The maximum atomic E-state index is 11.0. The highest BCUT2D eigenvalue weighted by atomic mass is 16.1. The number of nitrogens with one attached hydrogen (secondary N) is 1. The SMILES string of the molecule is CCN(c1cccc(C(N)=O)n1)C1CNC1. The lowest BCUT2D eigenvalue weighted by atomic mass is 10.1. The van der Waals surface area contributed by atoms with Crippen LogP contribution in [0.25, 0.3) is 0 Å². The van der Waals surface area contributed by atoms with Crippen molar-refractivity contribution in [1.82, 2.24) is 10.3 Å². The molecule has 5 heteroatoms. The average molecular weight is 220 g/mol. The van der Waals surface area contributed by atoms with Crippen molar-refractivity contribution in [3.05, 3.63) is 23.9 Å². The molecular weight excluding hydrogens is 204 g/mol. The van der Waals surface area contributed by atoms with Crippen LogP contribution in [-0.2, 0) is 0 Å². The highest BCUT2D eigenvalue weighted by Crippen LogP contribution is 2.16. The molecule has 0 radical (unpaired) electrons. The molecule has 1 saturated heterocycles. The molecule has 1 fully saturated rings. The quantitative estimate of drug-likeness (QED) is 0.748. The van der Waals surface area contributed by atoms with E-state index in [0.717, 1.165) is 25.5 Å².